The average molecular weight is 344 g/mol. The number of H-pyrrole nitrogens is 1. The Balaban J connectivity index is 1.51. The van der Waals surface area contributed by atoms with E-state index in [2.05, 4.69) is 19.8 Å². The third kappa shape index (κ3) is 2.59. The predicted molar refractivity (Wildman–Crippen MR) is 90.0 cm³/mol. The molecule has 132 valence electrons. The Morgan fingerprint density at radius 3 is 2.52 bits per heavy atom. The highest BCUT2D eigenvalue weighted by Crippen LogP contribution is 2.47. The summed E-state index contributed by atoms with van der Waals surface area (Å²) in [6, 6.07) is 4.83. The minimum atomic E-state index is -0.477. The Morgan fingerprint density at radius 1 is 1.08 bits per heavy atom. The van der Waals surface area contributed by atoms with E-state index < -0.39 is 11.6 Å². The number of rotatable bonds is 3. The number of aromatic nitrogens is 2. The van der Waals surface area contributed by atoms with Crippen molar-refractivity contribution < 1.29 is 8.78 Å². The van der Waals surface area contributed by atoms with Crippen molar-refractivity contribution in [2.45, 2.75) is 37.4 Å². The molecular formula is C19H22F2N4. The molecule has 1 N–H and O–H groups in total. The second-order valence-corrected chi connectivity index (χ2v) is 7.67. The summed E-state index contributed by atoms with van der Waals surface area (Å²) in [7, 11) is 0. The van der Waals surface area contributed by atoms with Crippen molar-refractivity contribution in [1.82, 2.24) is 19.8 Å². The zero-order chi connectivity index (χ0) is 17.0. The first kappa shape index (κ1) is 15.5. The number of hydrogen-bond donors (Lipinski definition) is 1. The van der Waals surface area contributed by atoms with Crippen LogP contribution in [0.15, 0.2) is 30.7 Å². The van der Waals surface area contributed by atoms with Crippen LogP contribution in [-0.4, -0.2) is 51.5 Å². The highest BCUT2D eigenvalue weighted by molar-refractivity contribution is 5.28. The average Bonchev–Trinajstić information content (AvgIpc) is 3.24. The lowest BCUT2D eigenvalue weighted by Crippen LogP contribution is -2.60. The van der Waals surface area contributed by atoms with Crippen molar-refractivity contribution in [3.8, 4) is 0 Å². The van der Waals surface area contributed by atoms with Crippen LogP contribution in [0, 0.1) is 17.6 Å². The molecule has 6 rings (SSSR count). The molecule has 6 heteroatoms. The number of fused-ring (bicyclic) bond motifs is 2. The number of piperidine rings is 3. The van der Waals surface area contributed by atoms with E-state index in [9.17, 15) is 8.78 Å². The highest BCUT2D eigenvalue weighted by atomic mass is 19.1. The van der Waals surface area contributed by atoms with Crippen molar-refractivity contribution in [2.24, 2.45) is 5.92 Å². The summed E-state index contributed by atoms with van der Waals surface area (Å²) in [6.45, 7) is 3.88. The maximum Gasteiger partial charge on any atom is 0.126 e. The molecule has 0 amide bonds. The zero-order valence-electron chi connectivity index (χ0n) is 14.0. The molecule has 0 spiro atoms. The van der Waals surface area contributed by atoms with Crippen LogP contribution in [0.2, 0.25) is 0 Å². The van der Waals surface area contributed by atoms with Crippen LogP contribution >= 0.6 is 0 Å². The Labute approximate surface area is 145 Å². The number of imidazole rings is 1. The van der Waals surface area contributed by atoms with Crippen molar-refractivity contribution in [3.63, 3.8) is 0 Å². The van der Waals surface area contributed by atoms with E-state index in [1.54, 1.807) is 6.33 Å². The van der Waals surface area contributed by atoms with Crippen molar-refractivity contribution in [2.75, 3.05) is 19.6 Å². The van der Waals surface area contributed by atoms with Gasteiger partial charge in [-0.25, -0.2) is 13.8 Å². The molecule has 2 bridgehead atoms. The van der Waals surface area contributed by atoms with Gasteiger partial charge in [-0.1, -0.05) is 0 Å². The molecule has 4 nitrogen and oxygen atoms in total. The highest BCUT2D eigenvalue weighted by Gasteiger charge is 2.53. The largest absolute Gasteiger partial charge is 0.347 e. The van der Waals surface area contributed by atoms with Gasteiger partial charge in [0.2, 0.25) is 0 Å². The lowest BCUT2D eigenvalue weighted by Gasteiger charge is -2.51. The maximum atomic E-state index is 13.8. The van der Waals surface area contributed by atoms with E-state index in [0.717, 1.165) is 43.5 Å². The van der Waals surface area contributed by atoms with E-state index >= 15 is 0 Å². The molecule has 4 aliphatic heterocycles. The normalized spacial score (nSPS) is 34.4. The molecule has 4 aliphatic rings. The molecule has 5 heterocycles. The van der Waals surface area contributed by atoms with Gasteiger partial charge in [-0.05, 0) is 49.5 Å². The van der Waals surface area contributed by atoms with Crippen LogP contribution in [0.1, 0.15) is 30.0 Å². The summed E-state index contributed by atoms with van der Waals surface area (Å²) in [5.74, 6) is -0.119. The second-order valence-electron chi connectivity index (χ2n) is 7.67. The Bertz CT molecular complexity index is 735. The Hall–Kier alpha value is -1.79. The van der Waals surface area contributed by atoms with Gasteiger partial charge in [0.05, 0.1) is 6.33 Å². The van der Waals surface area contributed by atoms with Gasteiger partial charge >= 0.3 is 0 Å². The van der Waals surface area contributed by atoms with Crippen LogP contribution in [0.4, 0.5) is 8.78 Å². The number of halogens is 2. The van der Waals surface area contributed by atoms with Crippen LogP contribution in [0.25, 0.3) is 0 Å². The SMILES string of the molecule is Fc1cc(F)cc([C@H]2CN(Cc3cnc[nH]3)[C@@H]3C4CCN(CC4)[C@H]23)c1. The fourth-order valence-corrected chi connectivity index (χ4v) is 5.39. The first-order chi connectivity index (χ1) is 12.2. The van der Waals surface area contributed by atoms with E-state index in [4.69, 9.17) is 0 Å². The number of hydrogen-bond acceptors (Lipinski definition) is 3. The molecule has 0 aliphatic carbocycles. The van der Waals surface area contributed by atoms with Gasteiger partial charge in [-0.2, -0.15) is 0 Å². The van der Waals surface area contributed by atoms with E-state index in [1.165, 1.54) is 25.0 Å². The summed E-state index contributed by atoms with van der Waals surface area (Å²) in [5.41, 5.74) is 1.90. The molecule has 4 fully saturated rings. The zero-order valence-corrected chi connectivity index (χ0v) is 14.0. The molecule has 3 atom stereocenters. The summed E-state index contributed by atoms with van der Waals surface area (Å²) in [6.07, 6.45) is 6.03. The van der Waals surface area contributed by atoms with E-state index in [-0.39, 0.29) is 5.92 Å². The van der Waals surface area contributed by atoms with Gasteiger partial charge in [-0.3, -0.25) is 9.80 Å². The Morgan fingerprint density at radius 2 is 1.84 bits per heavy atom. The monoisotopic (exact) mass is 344 g/mol. The van der Waals surface area contributed by atoms with Gasteiger partial charge in [0.15, 0.2) is 0 Å². The molecule has 25 heavy (non-hydrogen) atoms. The van der Waals surface area contributed by atoms with Crippen LogP contribution in [0.5, 0.6) is 0 Å². The summed E-state index contributed by atoms with van der Waals surface area (Å²) >= 11 is 0. The van der Waals surface area contributed by atoms with Gasteiger partial charge in [0.1, 0.15) is 11.6 Å². The molecule has 0 unspecified atom stereocenters. The van der Waals surface area contributed by atoms with Crippen LogP contribution in [-0.2, 0) is 6.54 Å². The van der Waals surface area contributed by atoms with Crippen LogP contribution in [0.3, 0.4) is 0 Å². The summed E-state index contributed by atoms with van der Waals surface area (Å²) in [4.78, 5) is 12.4. The molecule has 1 aromatic carbocycles. The predicted octanol–water partition coefficient (Wildman–Crippen LogP) is 2.75. The van der Waals surface area contributed by atoms with Gasteiger partial charge in [0, 0.05) is 49.0 Å². The third-order valence-corrected chi connectivity index (χ3v) is 6.34. The summed E-state index contributed by atoms with van der Waals surface area (Å²) in [5, 5.41) is 0. The third-order valence-electron chi connectivity index (χ3n) is 6.34. The van der Waals surface area contributed by atoms with E-state index in [0.29, 0.717) is 18.0 Å². The fourth-order valence-electron chi connectivity index (χ4n) is 5.39. The maximum absolute atomic E-state index is 13.8. The number of nitrogens with zero attached hydrogens (tertiary/aromatic N) is 3. The lowest BCUT2D eigenvalue weighted by molar-refractivity contribution is -0.00897. The van der Waals surface area contributed by atoms with Gasteiger partial charge in [-0.15, -0.1) is 0 Å². The molecule has 1 aromatic heterocycles. The number of nitrogens with one attached hydrogen (secondary N) is 1. The standard InChI is InChI=1S/C19H22F2N4/c20-14-5-13(6-15(21)7-14)17-10-25(9-16-8-22-11-23-16)18-12-1-3-24(4-2-12)19(17)18/h5-8,11-12,17-19H,1-4,9-10H2,(H,22,23)/t17-,18-,19-/m1/s1. The molecule has 2 aromatic rings. The molecule has 0 radical (unpaired) electrons. The minimum Gasteiger partial charge on any atom is -0.347 e. The Kier molecular flexibility index (Phi) is 3.64. The number of benzene rings is 1. The van der Waals surface area contributed by atoms with Crippen molar-refractivity contribution in [3.05, 3.63) is 53.6 Å². The topological polar surface area (TPSA) is 35.2 Å². The molecule has 4 saturated heterocycles. The van der Waals surface area contributed by atoms with Crippen molar-refractivity contribution >= 4 is 0 Å². The van der Waals surface area contributed by atoms with Gasteiger partial charge < -0.3 is 4.98 Å². The van der Waals surface area contributed by atoms with E-state index in [1.807, 2.05) is 6.20 Å². The molecular weight excluding hydrogens is 322 g/mol. The number of aromatic amines is 1. The summed E-state index contributed by atoms with van der Waals surface area (Å²) < 4.78 is 27.6. The van der Waals surface area contributed by atoms with Crippen molar-refractivity contribution in [1.29, 1.82) is 0 Å². The number of likely N-dealkylation sites (tertiary alicyclic amines) is 1. The second kappa shape index (κ2) is 5.88. The first-order valence-electron chi connectivity index (χ1n) is 9.10. The van der Waals surface area contributed by atoms with Gasteiger partial charge in [0.25, 0.3) is 0 Å². The smallest absolute Gasteiger partial charge is 0.126 e. The minimum absolute atomic E-state index is 0.154. The molecule has 0 saturated carbocycles. The van der Waals surface area contributed by atoms with Crippen LogP contribution < -0.4 is 0 Å². The first-order valence-corrected chi connectivity index (χ1v) is 9.10. The quantitative estimate of drug-likeness (QED) is 0.930. The fraction of sp³-hybridized carbons (Fsp3) is 0.526. The lowest BCUT2D eigenvalue weighted by atomic mass is 9.75.